The van der Waals surface area contributed by atoms with Crippen LogP contribution < -0.4 is 10.5 Å². The Bertz CT molecular complexity index is 1730. The van der Waals surface area contributed by atoms with Crippen molar-refractivity contribution in [2.75, 3.05) is 19.4 Å². The molecule has 0 bridgehead atoms. The van der Waals surface area contributed by atoms with E-state index in [0.717, 1.165) is 64.3 Å². The summed E-state index contributed by atoms with van der Waals surface area (Å²) in [5.74, 6) is 8.62. The van der Waals surface area contributed by atoms with Gasteiger partial charge in [-0.05, 0) is 48.6 Å². The van der Waals surface area contributed by atoms with Gasteiger partial charge in [0.2, 0.25) is 0 Å². The van der Waals surface area contributed by atoms with E-state index in [2.05, 4.69) is 26.4 Å². The maximum absolute atomic E-state index is 13.7. The number of carbonyl (C=O) groups is 1. The van der Waals surface area contributed by atoms with E-state index in [4.69, 9.17) is 26.8 Å². The third kappa shape index (κ3) is 4.01. The second-order valence-electron chi connectivity index (χ2n) is 10.2. The van der Waals surface area contributed by atoms with Crippen molar-refractivity contribution in [3.63, 3.8) is 0 Å². The van der Waals surface area contributed by atoms with E-state index < -0.39 is 0 Å². The van der Waals surface area contributed by atoms with Crippen LogP contribution in [-0.4, -0.2) is 39.0 Å². The van der Waals surface area contributed by atoms with Gasteiger partial charge in [-0.3, -0.25) is 4.79 Å². The predicted molar refractivity (Wildman–Crippen MR) is 148 cm³/mol. The number of aromatic nitrogens is 3. The molecule has 0 aliphatic carbocycles. The fourth-order valence-corrected chi connectivity index (χ4v) is 5.97. The number of likely N-dealkylation sites (N-methyl/N-ethyl adjacent to an activating group) is 1. The Morgan fingerprint density at radius 1 is 1.18 bits per heavy atom. The van der Waals surface area contributed by atoms with Crippen LogP contribution in [0.25, 0.3) is 10.9 Å². The summed E-state index contributed by atoms with van der Waals surface area (Å²) in [6.45, 7) is 2.18. The van der Waals surface area contributed by atoms with Crippen LogP contribution in [0.2, 0.25) is 5.02 Å². The van der Waals surface area contributed by atoms with Gasteiger partial charge in [-0.1, -0.05) is 23.6 Å². The minimum atomic E-state index is -0.248. The lowest BCUT2D eigenvalue weighted by atomic mass is 10.0. The summed E-state index contributed by atoms with van der Waals surface area (Å²) in [5.41, 5.74) is 11.8. The number of imidazole rings is 1. The Morgan fingerprint density at radius 3 is 2.95 bits per heavy atom. The summed E-state index contributed by atoms with van der Waals surface area (Å²) in [5, 5.41) is 1.17. The van der Waals surface area contributed by atoms with E-state index in [-0.39, 0.29) is 11.9 Å². The number of hydrogen-bond acceptors (Lipinski definition) is 6. The molecule has 5 heterocycles. The van der Waals surface area contributed by atoms with Crippen molar-refractivity contribution >= 4 is 34.2 Å². The number of nitrogen functional groups attached to an aromatic ring is 1. The molecular formula is C30H26ClN5O3. The highest BCUT2D eigenvalue weighted by atomic mass is 35.5. The van der Waals surface area contributed by atoms with Gasteiger partial charge in [-0.25, -0.2) is 9.97 Å². The standard InChI is InChI=1S/C30H26ClN5O3/c1-35(30(37)21-11-20-22-14-38-15-23(22)29(32)34-25(20)12-24(21)31)26-16-39-27-10-17(6-8-19(26)27)5-7-18-13-33-28-4-2-3-9-36(18)28/h6,8,10-13,26H,2-4,9,14-16H2,1H3,(H2,32,34)/t26-/m1/s1. The van der Waals surface area contributed by atoms with E-state index in [9.17, 15) is 4.79 Å². The van der Waals surface area contributed by atoms with Crippen LogP contribution in [0, 0.1) is 11.8 Å². The molecule has 7 rings (SSSR count). The number of amides is 1. The predicted octanol–water partition coefficient (Wildman–Crippen LogP) is 4.64. The van der Waals surface area contributed by atoms with Gasteiger partial charge in [-0.15, -0.1) is 0 Å². The molecule has 0 radical (unpaired) electrons. The van der Waals surface area contributed by atoms with Crippen molar-refractivity contribution in [3.05, 3.63) is 80.9 Å². The van der Waals surface area contributed by atoms with Crippen molar-refractivity contribution in [3.8, 4) is 17.6 Å². The molecule has 0 saturated carbocycles. The maximum Gasteiger partial charge on any atom is 0.255 e. The lowest BCUT2D eigenvalue weighted by molar-refractivity contribution is 0.0709. The molecular weight excluding hydrogens is 514 g/mol. The van der Waals surface area contributed by atoms with Gasteiger partial charge < -0.3 is 24.7 Å². The van der Waals surface area contributed by atoms with Gasteiger partial charge in [0, 0.05) is 42.1 Å². The molecule has 0 spiro atoms. The number of carbonyl (C=O) groups excluding carboxylic acids is 1. The second kappa shape index (κ2) is 9.30. The minimum Gasteiger partial charge on any atom is -0.491 e. The fourth-order valence-electron chi connectivity index (χ4n) is 5.73. The van der Waals surface area contributed by atoms with Crippen LogP contribution in [0.5, 0.6) is 5.75 Å². The Labute approximate surface area is 230 Å². The fraction of sp³-hybridized carbons (Fsp3) is 0.300. The number of rotatable bonds is 2. The lowest BCUT2D eigenvalue weighted by Crippen LogP contribution is -2.32. The number of halogens is 1. The second-order valence-corrected chi connectivity index (χ2v) is 10.6. The Morgan fingerprint density at radius 2 is 2.05 bits per heavy atom. The molecule has 2 aromatic carbocycles. The quantitative estimate of drug-likeness (QED) is 0.373. The van der Waals surface area contributed by atoms with Crippen molar-refractivity contribution in [2.24, 2.45) is 0 Å². The summed E-state index contributed by atoms with van der Waals surface area (Å²) < 4.78 is 13.8. The summed E-state index contributed by atoms with van der Waals surface area (Å²) >= 11 is 6.58. The molecule has 8 nitrogen and oxygen atoms in total. The zero-order chi connectivity index (χ0) is 26.7. The number of aryl methyl sites for hydroxylation is 1. The Balaban J connectivity index is 1.15. The van der Waals surface area contributed by atoms with E-state index >= 15 is 0 Å². The molecule has 39 heavy (non-hydrogen) atoms. The number of benzene rings is 2. The summed E-state index contributed by atoms with van der Waals surface area (Å²) in [6.07, 6.45) is 5.21. The first-order valence-electron chi connectivity index (χ1n) is 13.1. The first kappa shape index (κ1) is 24.0. The molecule has 0 fully saturated rings. The molecule has 0 saturated heterocycles. The summed E-state index contributed by atoms with van der Waals surface area (Å²) in [7, 11) is 1.78. The number of hydrogen-bond donors (Lipinski definition) is 1. The van der Waals surface area contributed by atoms with Gasteiger partial charge in [0.1, 0.15) is 29.7 Å². The van der Waals surface area contributed by atoms with Crippen LogP contribution >= 0.6 is 11.6 Å². The summed E-state index contributed by atoms with van der Waals surface area (Å²) in [4.78, 5) is 24.3. The molecule has 0 unspecified atom stereocenters. The SMILES string of the molecule is CN(C(=O)c1cc2c3c(c(N)nc2cc1Cl)COC3)[C@@H]1COc2cc(C#Cc3cnc4n3CCCC4)ccc21. The largest absolute Gasteiger partial charge is 0.491 e. The molecule has 2 aromatic heterocycles. The molecule has 9 heteroatoms. The van der Waals surface area contributed by atoms with Crippen LogP contribution in [0.1, 0.15) is 63.0 Å². The topological polar surface area (TPSA) is 95.5 Å². The van der Waals surface area contributed by atoms with Crippen molar-refractivity contribution < 1.29 is 14.3 Å². The zero-order valence-electron chi connectivity index (χ0n) is 21.5. The number of pyridine rings is 1. The molecule has 3 aliphatic rings. The van der Waals surface area contributed by atoms with E-state index in [1.165, 1.54) is 6.42 Å². The average molecular weight is 540 g/mol. The Hall–Kier alpha value is -4.06. The van der Waals surface area contributed by atoms with Crippen molar-refractivity contribution in [1.82, 2.24) is 19.4 Å². The summed E-state index contributed by atoms with van der Waals surface area (Å²) in [6, 6.07) is 9.17. The van der Waals surface area contributed by atoms with Crippen LogP contribution in [0.3, 0.4) is 0 Å². The van der Waals surface area contributed by atoms with Gasteiger partial charge >= 0.3 is 0 Å². The van der Waals surface area contributed by atoms with Gasteiger partial charge in [0.05, 0.1) is 41.6 Å². The third-order valence-electron chi connectivity index (χ3n) is 7.91. The average Bonchev–Trinajstić information content (AvgIpc) is 3.69. The molecule has 4 aromatic rings. The molecule has 196 valence electrons. The first-order chi connectivity index (χ1) is 19.0. The number of anilines is 1. The normalized spacial score (nSPS) is 17.1. The van der Waals surface area contributed by atoms with Crippen molar-refractivity contribution in [1.29, 1.82) is 0 Å². The van der Waals surface area contributed by atoms with Crippen LogP contribution in [-0.2, 0) is 30.9 Å². The number of fused-ring (bicyclic) bond motifs is 5. The number of nitrogens with zero attached hydrogens (tertiary/aromatic N) is 4. The minimum absolute atomic E-state index is 0.192. The third-order valence-corrected chi connectivity index (χ3v) is 8.22. The van der Waals surface area contributed by atoms with E-state index in [1.54, 1.807) is 24.1 Å². The molecule has 3 aliphatic heterocycles. The lowest BCUT2D eigenvalue weighted by Gasteiger charge is -2.24. The first-order valence-corrected chi connectivity index (χ1v) is 13.4. The highest BCUT2D eigenvalue weighted by Gasteiger charge is 2.32. The molecule has 1 atom stereocenters. The van der Waals surface area contributed by atoms with Crippen LogP contribution in [0.15, 0.2) is 36.5 Å². The molecule has 2 N–H and O–H groups in total. The smallest absolute Gasteiger partial charge is 0.255 e. The highest BCUT2D eigenvalue weighted by molar-refractivity contribution is 6.34. The highest BCUT2D eigenvalue weighted by Crippen LogP contribution is 2.38. The van der Waals surface area contributed by atoms with Crippen LogP contribution in [0.4, 0.5) is 5.82 Å². The maximum atomic E-state index is 13.7. The zero-order valence-corrected chi connectivity index (χ0v) is 22.2. The monoisotopic (exact) mass is 539 g/mol. The Kier molecular flexibility index (Phi) is 5.72. The van der Waals surface area contributed by atoms with Gasteiger partial charge in [0.15, 0.2) is 0 Å². The number of ether oxygens (including phenoxy) is 2. The molecule has 1 amide bonds. The van der Waals surface area contributed by atoms with Crippen molar-refractivity contribution in [2.45, 2.75) is 45.1 Å². The number of nitrogens with two attached hydrogens (primary N) is 1. The van der Waals surface area contributed by atoms with E-state index in [0.29, 0.717) is 41.7 Å². The van der Waals surface area contributed by atoms with E-state index in [1.807, 2.05) is 24.4 Å². The van der Waals surface area contributed by atoms with Gasteiger partial charge in [-0.2, -0.15) is 0 Å². The van der Waals surface area contributed by atoms with Gasteiger partial charge in [0.25, 0.3) is 5.91 Å².